The van der Waals surface area contributed by atoms with Gasteiger partial charge < -0.3 is 10.0 Å². The van der Waals surface area contributed by atoms with E-state index in [-0.39, 0.29) is 49.8 Å². The number of hydrogen-bond donors (Lipinski definition) is 1. The number of aryl methyl sites for hydroxylation is 1. The van der Waals surface area contributed by atoms with E-state index in [1.165, 1.54) is 16.4 Å². The number of amides is 1. The van der Waals surface area contributed by atoms with E-state index in [0.717, 1.165) is 11.1 Å². The molecule has 1 fully saturated rings. The topological polar surface area (TPSA) is 95.0 Å². The summed E-state index contributed by atoms with van der Waals surface area (Å²) in [5.41, 5.74) is 1.92. The molecule has 10 heteroatoms. The van der Waals surface area contributed by atoms with Crippen LogP contribution in [-0.2, 0) is 32.5 Å². The Labute approximate surface area is 191 Å². The minimum absolute atomic E-state index is 0.0601. The third kappa shape index (κ3) is 5.57. The highest BCUT2D eigenvalue weighted by atomic mass is 35.5. The molecule has 2 aromatic rings. The maximum Gasteiger partial charge on any atom is 0.307 e. The lowest BCUT2D eigenvalue weighted by molar-refractivity contribution is -0.136. The molecular formula is C21H22Cl2N2O5S. The molecule has 1 aliphatic rings. The van der Waals surface area contributed by atoms with Crippen molar-refractivity contribution in [1.29, 1.82) is 0 Å². The van der Waals surface area contributed by atoms with E-state index in [4.69, 9.17) is 28.3 Å². The number of carbonyl (C=O) groups excluding carboxylic acids is 1. The van der Waals surface area contributed by atoms with Crippen LogP contribution >= 0.6 is 23.2 Å². The van der Waals surface area contributed by atoms with Gasteiger partial charge in [-0.3, -0.25) is 9.59 Å². The summed E-state index contributed by atoms with van der Waals surface area (Å²) in [6.07, 6.45) is -0.0909. The number of hydrogen-bond acceptors (Lipinski definition) is 4. The molecule has 7 nitrogen and oxygen atoms in total. The number of aliphatic carboxylic acids is 1. The number of carbonyl (C=O) groups is 2. The van der Waals surface area contributed by atoms with Crippen molar-refractivity contribution in [1.82, 2.24) is 9.21 Å². The Morgan fingerprint density at radius 1 is 0.968 bits per heavy atom. The fourth-order valence-corrected chi connectivity index (χ4v) is 5.22. The fraction of sp³-hybridized carbons (Fsp3) is 0.333. The smallest absolute Gasteiger partial charge is 0.307 e. The summed E-state index contributed by atoms with van der Waals surface area (Å²) in [5.74, 6) is -1.14. The Morgan fingerprint density at radius 3 is 2.26 bits per heavy atom. The van der Waals surface area contributed by atoms with Gasteiger partial charge in [0.15, 0.2) is 0 Å². The highest BCUT2D eigenvalue weighted by Crippen LogP contribution is 2.24. The molecule has 0 radical (unpaired) electrons. The van der Waals surface area contributed by atoms with Crippen LogP contribution in [-0.4, -0.2) is 60.8 Å². The molecule has 0 aromatic heterocycles. The summed E-state index contributed by atoms with van der Waals surface area (Å²) >= 11 is 11.9. The third-order valence-corrected chi connectivity index (χ3v) is 7.86. The van der Waals surface area contributed by atoms with Crippen LogP contribution in [0.1, 0.15) is 16.7 Å². The molecule has 1 aliphatic heterocycles. The summed E-state index contributed by atoms with van der Waals surface area (Å²) in [4.78, 5) is 25.3. The number of rotatable bonds is 6. The summed E-state index contributed by atoms with van der Waals surface area (Å²) in [6.45, 7) is 2.61. The van der Waals surface area contributed by atoms with E-state index >= 15 is 0 Å². The number of halogens is 2. The van der Waals surface area contributed by atoms with Gasteiger partial charge in [-0.15, -0.1) is 0 Å². The van der Waals surface area contributed by atoms with E-state index in [1.54, 1.807) is 36.1 Å². The average molecular weight is 485 g/mol. The first-order valence-corrected chi connectivity index (χ1v) is 11.8. The predicted molar refractivity (Wildman–Crippen MR) is 118 cm³/mol. The molecule has 2 aromatic carbocycles. The molecule has 1 amide bonds. The molecule has 0 unspecified atom stereocenters. The van der Waals surface area contributed by atoms with Gasteiger partial charge in [0.1, 0.15) is 0 Å². The van der Waals surface area contributed by atoms with Crippen molar-refractivity contribution in [3.63, 3.8) is 0 Å². The van der Waals surface area contributed by atoms with E-state index in [9.17, 15) is 18.0 Å². The van der Waals surface area contributed by atoms with E-state index < -0.39 is 16.0 Å². The Morgan fingerprint density at radius 2 is 1.65 bits per heavy atom. The van der Waals surface area contributed by atoms with Crippen LogP contribution in [0.5, 0.6) is 0 Å². The van der Waals surface area contributed by atoms with Gasteiger partial charge in [0.2, 0.25) is 15.9 Å². The molecule has 3 rings (SSSR count). The first-order chi connectivity index (χ1) is 14.6. The first kappa shape index (κ1) is 23.5. The standard InChI is InChI=1S/C21H22Cl2N2O5S/c1-14-2-4-17(12-16(14)13-21(27)28)31(29,30)25-8-6-24(7-9-25)20(26)11-15-3-5-18(22)19(23)10-15/h2-5,10,12H,6-9,11,13H2,1H3,(H,27,28). The van der Waals surface area contributed by atoms with Crippen LogP contribution in [0, 0.1) is 6.92 Å². The highest BCUT2D eigenvalue weighted by molar-refractivity contribution is 7.89. The van der Waals surface area contributed by atoms with Crippen molar-refractivity contribution < 1.29 is 23.1 Å². The van der Waals surface area contributed by atoms with Crippen molar-refractivity contribution >= 4 is 45.1 Å². The summed E-state index contributed by atoms with van der Waals surface area (Å²) < 4.78 is 27.4. The van der Waals surface area contributed by atoms with Crippen LogP contribution in [0.25, 0.3) is 0 Å². The van der Waals surface area contributed by atoms with E-state index in [1.807, 2.05) is 0 Å². The number of benzene rings is 2. The van der Waals surface area contributed by atoms with Gasteiger partial charge in [0.25, 0.3) is 0 Å². The van der Waals surface area contributed by atoms with Gasteiger partial charge in [-0.1, -0.05) is 35.3 Å². The van der Waals surface area contributed by atoms with Crippen molar-refractivity contribution in [3.8, 4) is 0 Å². The second kappa shape index (κ2) is 9.56. The zero-order valence-electron chi connectivity index (χ0n) is 16.8. The number of nitrogens with zero attached hydrogens (tertiary/aromatic N) is 2. The van der Waals surface area contributed by atoms with Gasteiger partial charge in [0.05, 0.1) is 27.8 Å². The second-order valence-corrected chi connectivity index (χ2v) is 10.1. The summed E-state index contributed by atoms with van der Waals surface area (Å²) in [7, 11) is -3.79. The van der Waals surface area contributed by atoms with Gasteiger partial charge in [-0.25, -0.2) is 8.42 Å². The van der Waals surface area contributed by atoms with Crippen molar-refractivity contribution in [2.75, 3.05) is 26.2 Å². The van der Waals surface area contributed by atoms with Crippen LogP contribution in [0.3, 0.4) is 0 Å². The Kier molecular flexibility index (Phi) is 7.26. The van der Waals surface area contributed by atoms with Crippen LogP contribution < -0.4 is 0 Å². The SMILES string of the molecule is Cc1ccc(S(=O)(=O)N2CCN(C(=O)Cc3ccc(Cl)c(Cl)c3)CC2)cc1CC(=O)O. The number of piperazine rings is 1. The maximum absolute atomic E-state index is 13.0. The fourth-order valence-electron chi connectivity index (χ4n) is 3.42. The molecule has 0 spiro atoms. The lowest BCUT2D eigenvalue weighted by Crippen LogP contribution is -2.50. The number of sulfonamides is 1. The molecule has 1 heterocycles. The normalized spacial score (nSPS) is 15.1. The molecule has 1 saturated heterocycles. The van der Waals surface area contributed by atoms with Crippen LogP contribution in [0.4, 0.5) is 0 Å². The zero-order chi connectivity index (χ0) is 22.8. The van der Waals surface area contributed by atoms with Crippen molar-refractivity contribution in [3.05, 3.63) is 63.1 Å². The molecule has 166 valence electrons. The van der Waals surface area contributed by atoms with E-state index in [2.05, 4.69) is 0 Å². The van der Waals surface area contributed by atoms with E-state index in [0.29, 0.717) is 15.6 Å². The molecule has 31 heavy (non-hydrogen) atoms. The first-order valence-electron chi connectivity index (χ1n) is 9.61. The lowest BCUT2D eigenvalue weighted by Gasteiger charge is -2.34. The van der Waals surface area contributed by atoms with Crippen molar-refractivity contribution in [2.24, 2.45) is 0 Å². The molecule has 0 saturated carbocycles. The second-order valence-electron chi connectivity index (χ2n) is 7.37. The minimum Gasteiger partial charge on any atom is -0.481 e. The number of carboxylic acid groups (broad SMARTS) is 1. The van der Waals surface area contributed by atoms with Gasteiger partial charge >= 0.3 is 5.97 Å². The molecule has 1 N–H and O–H groups in total. The van der Waals surface area contributed by atoms with Crippen LogP contribution in [0.15, 0.2) is 41.3 Å². The highest BCUT2D eigenvalue weighted by Gasteiger charge is 2.30. The molecule has 0 atom stereocenters. The monoisotopic (exact) mass is 484 g/mol. The van der Waals surface area contributed by atoms with Gasteiger partial charge in [-0.05, 0) is 47.9 Å². The van der Waals surface area contributed by atoms with Gasteiger partial charge in [0, 0.05) is 26.2 Å². The third-order valence-electron chi connectivity index (χ3n) is 5.23. The Bertz CT molecular complexity index is 1110. The molecule has 0 aliphatic carbocycles. The quantitative estimate of drug-likeness (QED) is 0.679. The summed E-state index contributed by atoms with van der Waals surface area (Å²) in [6, 6.07) is 9.53. The molecule has 0 bridgehead atoms. The summed E-state index contributed by atoms with van der Waals surface area (Å²) in [5, 5.41) is 9.83. The number of carboxylic acids is 1. The van der Waals surface area contributed by atoms with Crippen molar-refractivity contribution in [2.45, 2.75) is 24.7 Å². The zero-order valence-corrected chi connectivity index (χ0v) is 19.2. The predicted octanol–water partition coefficient (Wildman–Crippen LogP) is 3.00. The maximum atomic E-state index is 13.0. The van der Waals surface area contributed by atoms with Crippen LogP contribution in [0.2, 0.25) is 10.0 Å². The Hall–Kier alpha value is -2.13. The lowest BCUT2D eigenvalue weighted by atomic mass is 10.1. The minimum atomic E-state index is -3.79. The average Bonchev–Trinajstić information content (AvgIpc) is 2.72. The Balaban J connectivity index is 1.66. The molecular weight excluding hydrogens is 463 g/mol. The van der Waals surface area contributed by atoms with Gasteiger partial charge in [-0.2, -0.15) is 4.31 Å². The largest absolute Gasteiger partial charge is 0.481 e.